The number of halogens is 1. The number of benzene rings is 2. The summed E-state index contributed by atoms with van der Waals surface area (Å²) in [5, 5.41) is 3.06. The minimum absolute atomic E-state index is 0.00201. The molecule has 0 spiro atoms. The summed E-state index contributed by atoms with van der Waals surface area (Å²) in [6.45, 7) is 0.668. The van der Waals surface area contributed by atoms with Crippen molar-refractivity contribution in [3.63, 3.8) is 0 Å². The molecule has 0 radical (unpaired) electrons. The van der Waals surface area contributed by atoms with E-state index in [-0.39, 0.29) is 5.91 Å². The first-order valence-corrected chi connectivity index (χ1v) is 8.52. The van der Waals surface area contributed by atoms with Gasteiger partial charge in [0.05, 0.1) is 20.6 Å². The summed E-state index contributed by atoms with van der Waals surface area (Å²) in [6, 6.07) is 18.4. The molecular weight excluding hydrogens is 387 g/mol. The molecule has 0 bridgehead atoms. The molecule has 4 heteroatoms. The molecule has 0 saturated carbocycles. The molecule has 0 heterocycles. The fraction of sp³-hybridized carbons (Fsp3) is 0.278. The molecule has 116 valence electrons. The molecule has 0 unspecified atom stereocenters. The van der Waals surface area contributed by atoms with E-state index in [1.54, 1.807) is 0 Å². The number of nitrogens with one attached hydrogen (secondary N) is 2. The van der Waals surface area contributed by atoms with E-state index in [4.69, 9.17) is 0 Å². The Hall–Kier alpha value is -1.40. The largest absolute Gasteiger partial charge is 0.346 e. The van der Waals surface area contributed by atoms with Gasteiger partial charge in [-0.15, -0.1) is 0 Å². The van der Waals surface area contributed by atoms with Gasteiger partial charge in [-0.1, -0.05) is 36.4 Å². The average molecular weight is 409 g/mol. The standard InChI is InChI=1S/C18H21IN2O/c1-21(2)17(11-14-7-4-3-5-8-14)13-20-18(22)15-9-6-10-16(19)12-15/h3-10,12,17H,11,13H2,1-2H3,(H,20,22)/p+1/t17-/m0/s1. The van der Waals surface area contributed by atoms with Crippen LogP contribution in [0.3, 0.4) is 0 Å². The van der Waals surface area contributed by atoms with E-state index in [1.165, 1.54) is 10.5 Å². The number of carbonyl (C=O) groups excluding carboxylic acids is 1. The minimum Gasteiger partial charge on any atom is -0.346 e. The van der Waals surface area contributed by atoms with Gasteiger partial charge in [0.2, 0.25) is 0 Å². The zero-order valence-electron chi connectivity index (χ0n) is 13.0. The number of carbonyl (C=O) groups is 1. The molecule has 0 aliphatic carbocycles. The Morgan fingerprint density at radius 1 is 1.14 bits per heavy atom. The van der Waals surface area contributed by atoms with Crippen LogP contribution in [0.25, 0.3) is 0 Å². The van der Waals surface area contributed by atoms with Crippen molar-refractivity contribution in [1.29, 1.82) is 0 Å². The second-order valence-electron chi connectivity index (χ2n) is 5.68. The van der Waals surface area contributed by atoms with Gasteiger partial charge in [-0.05, 0) is 46.4 Å². The Balaban J connectivity index is 1.96. The van der Waals surface area contributed by atoms with Crippen LogP contribution in [0, 0.1) is 3.57 Å². The van der Waals surface area contributed by atoms with Crippen LogP contribution in [0.1, 0.15) is 15.9 Å². The fourth-order valence-corrected chi connectivity index (χ4v) is 2.87. The van der Waals surface area contributed by atoms with Crippen LogP contribution < -0.4 is 10.2 Å². The summed E-state index contributed by atoms with van der Waals surface area (Å²) < 4.78 is 1.07. The Labute approximate surface area is 145 Å². The zero-order chi connectivity index (χ0) is 15.9. The van der Waals surface area contributed by atoms with Gasteiger partial charge in [0.15, 0.2) is 0 Å². The highest BCUT2D eigenvalue weighted by molar-refractivity contribution is 14.1. The smallest absolute Gasteiger partial charge is 0.251 e. The molecule has 1 amide bonds. The van der Waals surface area contributed by atoms with Gasteiger partial charge in [-0.2, -0.15) is 0 Å². The SMILES string of the molecule is C[NH+](C)[C@H](CNC(=O)c1cccc(I)c1)Cc1ccccc1. The number of hydrogen-bond donors (Lipinski definition) is 2. The molecule has 0 aliphatic rings. The highest BCUT2D eigenvalue weighted by Crippen LogP contribution is 2.07. The molecule has 2 aromatic rings. The van der Waals surface area contributed by atoms with Crippen LogP contribution in [0.4, 0.5) is 0 Å². The molecule has 0 aromatic heterocycles. The molecule has 2 rings (SSSR count). The van der Waals surface area contributed by atoms with E-state index in [0.29, 0.717) is 12.6 Å². The summed E-state index contributed by atoms with van der Waals surface area (Å²) in [5.41, 5.74) is 2.02. The first-order valence-electron chi connectivity index (χ1n) is 7.44. The lowest BCUT2D eigenvalue weighted by molar-refractivity contribution is -0.884. The number of amides is 1. The predicted molar refractivity (Wildman–Crippen MR) is 98.2 cm³/mol. The maximum absolute atomic E-state index is 12.3. The van der Waals surface area contributed by atoms with Crippen molar-refractivity contribution in [3.8, 4) is 0 Å². The summed E-state index contributed by atoms with van der Waals surface area (Å²) in [4.78, 5) is 13.6. The van der Waals surface area contributed by atoms with Gasteiger partial charge in [0.1, 0.15) is 6.04 Å². The second-order valence-corrected chi connectivity index (χ2v) is 6.93. The third kappa shape index (κ3) is 5.10. The first-order chi connectivity index (χ1) is 10.6. The molecule has 2 N–H and O–H groups in total. The van der Waals surface area contributed by atoms with Gasteiger partial charge < -0.3 is 10.2 Å². The van der Waals surface area contributed by atoms with Crippen LogP contribution >= 0.6 is 22.6 Å². The third-order valence-corrected chi connectivity index (χ3v) is 4.41. The summed E-state index contributed by atoms with van der Waals surface area (Å²) in [7, 11) is 4.26. The molecule has 1 atom stereocenters. The molecule has 2 aromatic carbocycles. The average Bonchev–Trinajstić information content (AvgIpc) is 2.51. The molecule has 0 fully saturated rings. The topological polar surface area (TPSA) is 33.5 Å². The number of quaternary nitrogens is 1. The highest BCUT2D eigenvalue weighted by Gasteiger charge is 2.17. The lowest BCUT2D eigenvalue weighted by Gasteiger charge is -2.22. The van der Waals surface area contributed by atoms with Crippen molar-refractivity contribution in [2.45, 2.75) is 12.5 Å². The zero-order valence-corrected chi connectivity index (χ0v) is 15.1. The summed E-state index contributed by atoms with van der Waals surface area (Å²) >= 11 is 2.22. The Kier molecular flexibility index (Phi) is 6.39. The maximum Gasteiger partial charge on any atom is 0.251 e. The van der Waals surface area contributed by atoms with Crippen molar-refractivity contribution >= 4 is 28.5 Å². The van der Waals surface area contributed by atoms with E-state index >= 15 is 0 Å². The second kappa shape index (κ2) is 8.29. The predicted octanol–water partition coefficient (Wildman–Crippen LogP) is 1.78. The summed E-state index contributed by atoms with van der Waals surface area (Å²) in [6.07, 6.45) is 0.954. The lowest BCUT2D eigenvalue weighted by Crippen LogP contribution is -3.11. The van der Waals surface area contributed by atoms with Crippen LogP contribution in [-0.2, 0) is 6.42 Å². The monoisotopic (exact) mass is 409 g/mol. The number of hydrogen-bond acceptors (Lipinski definition) is 1. The van der Waals surface area contributed by atoms with Crippen molar-refractivity contribution in [1.82, 2.24) is 5.32 Å². The molecular formula is C18H22IN2O+. The Morgan fingerprint density at radius 3 is 2.50 bits per heavy atom. The van der Waals surface area contributed by atoms with E-state index < -0.39 is 0 Å². The van der Waals surface area contributed by atoms with Crippen molar-refractivity contribution in [2.24, 2.45) is 0 Å². The Bertz CT molecular complexity index is 613. The first kappa shape index (κ1) is 17.0. The Morgan fingerprint density at radius 2 is 1.86 bits per heavy atom. The van der Waals surface area contributed by atoms with E-state index in [1.807, 2.05) is 30.3 Å². The van der Waals surface area contributed by atoms with E-state index in [9.17, 15) is 4.79 Å². The van der Waals surface area contributed by atoms with Gasteiger partial charge in [-0.25, -0.2) is 0 Å². The maximum atomic E-state index is 12.3. The van der Waals surface area contributed by atoms with Gasteiger partial charge >= 0.3 is 0 Å². The fourth-order valence-electron chi connectivity index (χ4n) is 2.33. The molecule has 0 saturated heterocycles. The van der Waals surface area contributed by atoms with E-state index in [2.05, 4.69) is 66.3 Å². The molecule has 3 nitrogen and oxygen atoms in total. The van der Waals surface area contributed by atoms with Crippen LogP contribution in [0.5, 0.6) is 0 Å². The van der Waals surface area contributed by atoms with Crippen LogP contribution in [-0.4, -0.2) is 32.6 Å². The normalized spacial score (nSPS) is 12.2. The van der Waals surface area contributed by atoms with E-state index in [0.717, 1.165) is 15.6 Å². The highest BCUT2D eigenvalue weighted by atomic mass is 127. The van der Waals surface area contributed by atoms with Crippen molar-refractivity contribution in [2.75, 3.05) is 20.6 Å². The number of likely N-dealkylation sites (N-methyl/N-ethyl adjacent to an activating group) is 1. The lowest BCUT2D eigenvalue weighted by atomic mass is 10.1. The van der Waals surface area contributed by atoms with Gasteiger partial charge in [0, 0.05) is 15.6 Å². The molecule has 0 aliphatic heterocycles. The van der Waals surface area contributed by atoms with Crippen molar-refractivity contribution < 1.29 is 9.69 Å². The van der Waals surface area contributed by atoms with Crippen molar-refractivity contribution in [3.05, 3.63) is 69.3 Å². The van der Waals surface area contributed by atoms with Crippen LogP contribution in [0.15, 0.2) is 54.6 Å². The minimum atomic E-state index is -0.00201. The number of rotatable bonds is 6. The third-order valence-electron chi connectivity index (χ3n) is 3.74. The molecule has 22 heavy (non-hydrogen) atoms. The summed E-state index contributed by atoms with van der Waals surface area (Å²) in [5.74, 6) is -0.00201. The van der Waals surface area contributed by atoms with Gasteiger partial charge in [-0.3, -0.25) is 4.79 Å². The van der Waals surface area contributed by atoms with Gasteiger partial charge in [0.25, 0.3) is 5.91 Å². The van der Waals surface area contributed by atoms with Crippen LogP contribution in [0.2, 0.25) is 0 Å². The quantitative estimate of drug-likeness (QED) is 0.701.